The average Bonchev–Trinajstić information content (AvgIpc) is 2.28. The van der Waals surface area contributed by atoms with Gasteiger partial charge >= 0.3 is 5.97 Å². The zero-order valence-corrected chi connectivity index (χ0v) is 8.97. The van der Waals surface area contributed by atoms with Crippen molar-refractivity contribution in [3.8, 4) is 0 Å². The number of nitrogens with zero attached hydrogens (tertiary/aromatic N) is 2. The summed E-state index contributed by atoms with van der Waals surface area (Å²) in [6, 6.07) is 4.79. The summed E-state index contributed by atoms with van der Waals surface area (Å²) in [5, 5.41) is 8.83. The molecule has 4 nitrogen and oxygen atoms in total. The summed E-state index contributed by atoms with van der Waals surface area (Å²) in [4.78, 5) is 19.4. The lowest BCUT2D eigenvalue weighted by Gasteiger charge is -2.01. The van der Waals surface area contributed by atoms with Gasteiger partial charge in [-0.15, -0.1) is 0 Å². The molecule has 1 N–H and O–H groups in total. The van der Waals surface area contributed by atoms with Crippen molar-refractivity contribution in [3.63, 3.8) is 0 Å². The second-order valence-corrected chi connectivity index (χ2v) is 3.62. The fourth-order valence-electron chi connectivity index (χ4n) is 1.56. The van der Waals surface area contributed by atoms with Gasteiger partial charge in [-0.3, -0.25) is 4.98 Å². The van der Waals surface area contributed by atoms with E-state index in [1.54, 1.807) is 24.4 Å². The van der Waals surface area contributed by atoms with Crippen LogP contribution >= 0.6 is 0 Å². The van der Waals surface area contributed by atoms with Gasteiger partial charge in [-0.2, -0.15) is 0 Å². The third-order valence-corrected chi connectivity index (χ3v) is 2.35. The van der Waals surface area contributed by atoms with E-state index in [9.17, 15) is 4.79 Å². The van der Waals surface area contributed by atoms with Crippen LogP contribution in [0.1, 0.15) is 29.4 Å². The second kappa shape index (κ2) is 4.26. The van der Waals surface area contributed by atoms with Crippen molar-refractivity contribution >= 4 is 17.0 Å². The molecule has 1 aromatic carbocycles. The minimum Gasteiger partial charge on any atom is -0.478 e. The number of fused-ring (bicyclic) bond motifs is 1. The first-order chi connectivity index (χ1) is 7.70. The standard InChI is InChI=1S/C12H12N2O2/c1-2-3-9-7-13-11-6-8(12(15)16)4-5-10(11)14-9/h4-7H,2-3H2,1H3,(H,15,16). The van der Waals surface area contributed by atoms with Crippen LogP contribution in [0, 0.1) is 0 Å². The lowest BCUT2D eigenvalue weighted by Crippen LogP contribution is -1.98. The second-order valence-electron chi connectivity index (χ2n) is 3.62. The molecular weight excluding hydrogens is 204 g/mol. The van der Waals surface area contributed by atoms with Crippen molar-refractivity contribution in [2.24, 2.45) is 0 Å². The topological polar surface area (TPSA) is 63.1 Å². The van der Waals surface area contributed by atoms with E-state index < -0.39 is 5.97 Å². The Balaban J connectivity index is 2.48. The molecule has 0 spiro atoms. The molecule has 2 aromatic rings. The summed E-state index contributed by atoms with van der Waals surface area (Å²) in [6.07, 6.45) is 3.62. The first kappa shape index (κ1) is 10.5. The van der Waals surface area contributed by atoms with Gasteiger partial charge in [0.2, 0.25) is 0 Å². The zero-order valence-electron chi connectivity index (χ0n) is 8.97. The lowest BCUT2D eigenvalue weighted by atomic mass is 10.2. The van der Waals surface area contributed by atoms with Crippen molar-refractivity contribution in [1.29, 1.82) is 0 Å². The third kappa shape index (κ3) is 2.00. The molecule has 0 atom stereocenters. The number of carbonyl (C=O) groups is 1. The maximum absolute atomic E-state index is 10.8. The minimum atomic E-state index is -0.943. The van der Waals surface area contributed by atoms with E-state index in [-0.39, 0.29) is 5.56 Å². The smallest absolute Gasteiger partial charge is 0.335 e. The highest BCUT2D eigenvalue weighted by atomic mass is 16.4. The van der Waals surface area contributed by atoms with Crippen LogP contribution in [-0.4, -0.2) is 21.0 Å². The summed E-state index contributed by atoms with van der Waals surface area (Å²) in [7, 11) is 0. The van der Waals surface area contributed by atoms with Crippen LogP contribution < -0.4 is 0 Å². The zero-order chi connectivity index (χ0) is 11.5. The Morgan fingerprint density at radius 3 is 2.88 bits per heavy atom. The Hall–Kier alpha value is -1.97. The van der Waals surface area contributed by atoms with Crippen molar-refractivity contribution in [2.75, 3.05) is 0 Å². The molecule has 0 saturated carbocycles. The van der Waals surface area contributed by atoms with Gasteiger partial charge in [0.25, 0.3) is 0 Å². The van der Waals surface area contributed by atoms with Crippen LogP contribution in [-0.2, 0) is 6.42 Å². The maximum atomic E-state index is 10.8. The molecular formula is C12H12N2O2. The average molecular weight is 216 g/mol. The maximum Gasteiger partial charge on any atom is 0.335 e. The molecule has 0 aliphatic rings. The summed E-state index contributed by atoms with van der Waals surface area (Å²) in [5.41, 5.74) is 2.55. The monoisotopic (exact) mass is 216 g/mol. The van der Waals surface area contributed by atoms with Crippen molar-refractivity contribution in [3.05, 3.63) is 35.7 Å². The normalized spacial score (nSPS) is 10.6. The van der Waals surface area contributed by atoms with Gasteiger partial charge in [-0.25, -0.2) is 9.78 Å². The predicted molar refractivity (Wildman–Crippen MR) is 60.5 cm³/mol. The fraction of sp³-hybridized carbons (Fsp3) is 0.250. The number of aromatic nitrogens is 2. The van der Waals surface area contributed by atoms with Crippen LogP contribution in [0.4, 0.5) is 0 Å². The predicted octanol–water partition coefficient (Wildman–Crippen LogP) is 2.28. The first-order valence-electron chi connectivity index (χ1n) is 5.19. The molecule has 0 aliphatic carbocycles. The molecule has 16 heavy (non-hydrogen) atoms. The number of rotatable bonds is 3. The highest BCUT2D eigenvalue weighted by Gasteiger charge is 2.05. The lowest BCUT2D eigenvalue weighted by molar-refractivity contribution is 0.0697. The molecule has 0 saturated heterocycles. The van der Waals surface area contributed by atoms with Gasteiger partial charge in [0.1, 0.15) is 0 Å². The largest absolute Gasteiger partial charge is 0.478 e. The Kier molecular flexibility index (Phi) is 2.81. The van der Waals surface area contributed by atoms with Gasteiger partial charge in [0.05, 0.1) is 22.3 Å². The van der Waals surface area contributed by atoms with Gasteiger partial charge in [0, 0.05) is 6.20 Å². The number of benzene rings is 1. The van der Waals surface area contributed by atoms with E-state index in [1.807, 2.05) is 0 Å². The molecule has 0 unspecified atom stereocenters. The summed E-state index contributed by atoms with van der Waals surface area (Å²) in [5.74, 6) is -0.943. The van der Waals surface area contributed by atoms with Crippen LogP contribution in [0.25, 0.3) is 11.0 Å². The van der Waals surface area contributed by atoms with Crippen LogP contribution in [0.5, 0.6) is 0 Å². The van der Waals surface area contributed by atoms with E-state index in [4.69, 9.17) is 5.11 Å². The number of hydrogen-bond acceptors (Lipinski definition) is 3. The Labute approximate surface area is 93.0 Å². The highest BCUT2D eigenvalue weighted by Crippen LogP contribution is 2.13. The molecule has 82 valence electrons. The van der Waals surface area contributed by atoms with Crippen molar-refractivity contribution < 1.29 is 9.90 Å². The van der Waals surface area contributed by atoms with E-state index >= 15 is 0 Å². The number of hydrogen-bond donors (Lipinski definition) is 1. The Bertz CT molecular complexity index is 538. The van der Waals surface area contributed by atoms with Gasteiger partial charge in [0.15, 0.2) is 0 Å². The van der Waals surface area contributed by atoms with Crippen LogP contribution in [0.3, 0.4) is 0 Å². The third-order valence-electron chi connectivity index (χ3n) is 2.35. The minimum absolute atomic E-state index is 0.241. The molecule has 0 radical (unpaired) electrons. The van der Waals surface area contributed by atoms with E-state index in [0.717, 1.165) is 24.1 Å². The fourth-order valence-corrected chi connectivity index (χ4v) is 1.56. The van der Waals surface area contributed by atoms with E-state index in [0.29, 0.717) is 5.52 Å². The molecule has 0 amide bonds. The molecule has 1 aromatic heterocycles. The first-order valence-corrected chi connectivity index (χ1v) is 5.19. The Morgan fingerprint density at radius 2 is 2.19 bits per heavy atom. The Morgan fingerprint density at radius 1 is 1.38 bits per heavy atom. The molecule has 4 heteroatoms. The summed E-state index contributed by atoms with van der Waals surface area (Å²) >= 11 is 0. The number of aromatic carboxylic acids is 1. The number of carboxylic acids is 1. The van der Waals surface area contributed by atoms with Crippen LogP contribution in [0.15, 0.2) is 24.4 Å². The number of aryl methyl sites for hydroxylation is 1. The quantitative estimate of drug-likeness (QED) is 0.854. The molecule has 1 heterocycles. The van der Waals surface area contributed by atoms with Gasteiger partial charge in [-0.05, 0) is 24.6 Å². The summed E-state index contributed by atoms with van der Waals surface area (Å²) in [6.45, 7) is 2.08. The van der Waals surface area contributed by atoms with E-state index in [2.05, 4.69) is 16.9 Å². The van der Waals surface area contributed by atoms with Crippen molar-refractivity contribution in [2.45, 2.75) is 19.8 Å². The van der Waals surface area contributed by atoms with E-state index in [1.165, 1.54) is 0 Å². The van der Waals surface area contributed by atoms with Gasteiger partial charge in [-0.1, -0.05) is 13.3 Å². The van der Waals surface area contributed by atoms with Crippen molar-refractivity contribution in [1.82, 2.24) is 9.97 Å². The molecule has 2 rings (SSSR count). The highest BCUT2D eigenvalue weighted by molar-refractivity contribution is 5.92. The molecule has 0 aliphatic heterocycles. The SMILES string of the molecule is CCCc1cnc2cc(C(=O)O)ccc2n1. The molecule has 0 fully saturated rings. The molecule has 0 bridgehead atoms. The van der Waals surface area contributed by atoms with Gasteiger partial charge < -0.3 is 5.11 Å². The number of carboxylic acid groups (broad SMARTS) is 1. The van der Waals surface area contributed by atoms with Crippen LogP contribution in [0.2, 0.25) is 0 Å². The summed E-state index contributed by atoms with van der Waals surface area (Å²) < 4.78 is 0.